The molecule has 2 aliphatic carbocycles. The van der Waals surface area contributed by atoms with E-state index in [1.165, 1.54) is 31.2 Å². The second-order valence-corrected chi connectivity index (χ2v) is 6.13. The Morgan fingerprint density at radius 2 is 2.25 bits per heavy atom. The lowest BCUT2D eigenvalue weighted by molar-refractivity contribution is 0.199. The molecule has 2 aliphatic rings. The first-order chi connectivity index (χ1) is 9.80. The Bertz CT molecular complexity index is 474. The smallest absolute Gasteiger partial charge is 0.119 e. The van der Waals surface area contributed by atoms with Gasteiger partial charge in [-0.05, 0) is 61.4 Å². The fourth-order valence-corrected chi connectivity index (χ4v) is 3.83. The summed E-state index contributed by atoms with van der Waals surface area (Å²) in [6, 6.07) is 6.65. The van der Waals surface area contributed by atoms with Crippen LogP contribution < -0.4 is 10.1 Å². The molecule has 1 saturated carbocycles. The van der Waals surface area contributed by atoms with E-state index in [4.69, 9.17) is 9.47 Å². The molecule has 2 unspecified atom stereocenters. The molecule has 0 aliphatic heterocycles. The Morgan fingerprint density at radius 3 is 3.05 bits per heavy atom. The molecule has 0 aromatic heterocycles. The van der Waals surface area contributed by atoms with Crippen LogP contribution in [0.5, 0.6) is 5.75 Å². The van der Waals surface area contributed by atoms with E-state index in [0.717, 1.165) is 31.4 Å². The third-order valence-corrected chi connectivity index (χ3v) is 5.03. The number of hydrogen-bond acceptors (Lipinski definition) is 3. The summed E-state index contributed by atoms with van der Waals surface area (Å²) in [6.45, 7) is 2.86. The minimum Gasteiger partial charge on any atom is -0.497 e. The highest BCUT2D eigenvalue weighted by Gasteiger charge is 2.55. The molecular weight excluding hydrogens is 250 g/mol. The standard InChI is InChI=1S/C17H25NO2/c1-19-9-8-18-12-14-11-17(14)7-3-4-13-5-6-15(20-2)10-16(13)17/h5-6,10,14,18H,3-4,7-9,11-12H2,1-2H3. The summed E-state index contributed by atoms with van der Waals surface area (Å²) >= 11 is 0. The zero-order chi connectivity index (χ0) is 14.0. The molecule has 2 atom stereocenters. The second kappa shape index (κ2) is 5.74. The van der Waals surface area contributed by atoms with Gasteiger partial charge in [0.05, 0.1) is 13.7 Å². The van der Waals surface area contributed by atoms with Gasteiger partial charge in [-0.25, -0.2) is 0 Å². The number of benzene rings is 1. The van der Waals surface area contributed by atoms with Crippen LogP contribution in [0.4, 0.5) is 0 Å². The van der Waals surface area contributed by atoms with Crippen molar-refractivity contribution in [2.75, 3.05) is 33.9 Å². The summed E-state index contributed by atoms with van der Waals surface area (Å²) < 4.78 is 10.5. The van der Waals surface area contributed by atoms with Crippen LogP contribution in [0.1, 0.15) is 30.4 Å². The fraction of sp³-hybridized carbons (Fsp3) is 0.647. The lowest BCUT2D eigenvalue weighted by Gasteiger charge is -2.27. The third kappa shape index (κ3) is 2.45. The first-order valence-corrected chi connectivity index (χ1v) is 7.67. The van der Waals surface area contributed by atoms with Crippen LogP contribution in [0.25, 0.3) is 0 Å². The Kier molecular flexibility index (Phi) is 3.99. The Balaban J connectivity index is 1.71. The van der Waals surface area contributed by atoms with Crippen molar-refractivity contribution < 1.29 is 9.47 Å². The van der Waals surface area contributed by atoms with Gasteiger partial charge in [0.2, 0.25) is 0 Å². The molecule has 3 nitrogen and oxygen atoms in total. The van der Waals surface area contributed by atoms with E-state index in [1.807, 2.05) is 0 Å². The van der Waals surface area contributed by atoms with E-state index in [2.05, 4.69) is 23.5 Å². The molecule has 0 bridgehead atoms. The summed E-state index contributed by atoms with van der Waals surface area (Å²) in [5.41, 5.74) is 3.53. The van der Waals surface area contributed by atoms with Crippen LogP contribution in [0.2, 0.25) is 0 Å². The summed E-state index contributed by atoms with van der Waals surface area (Å²) in [7, 11) is 3.51. The first-order valence-electron chi connectivity index (χ1n) is 7.67. The van der Waals surface area contributed by atoms with Gasteiger partial charge >= 0.3 is 0 Å². The van der Waals surface area contributed by atoms with Crippen molar-refractivity contribution in [1.29, 1.82) is 0 Å². The lowest BCUT2D eigenvalue weighted by Crippen LogP contribution is -2.26. The Morgan fingerprint density at radius 1 is 1.35 bits per heavy atom. The van der Waals surface area contributed by atoms with Crippen LogP contribution >= 0.6 is 0 Å². The molecule has 20 heavy (non-hydrogen) atoms. The molecule has 3 heteroatoms. The van der Waals surface area contributed by atoms with Gasteiger partial charge in [0.25, 0.3) is 0 Å². The number of nitrogens with one attached hydrogen (secondary N) is 1. The topological polar surface area (TPSA) is 30.5 Å². The van der Waals surface area contributed by atoms with Crippen molar-refractivity contribution >= 4 is 0 Å². The third-order valence-electron chi connectivity index (χ3n) is 5.03. The van der Waals surface area contributed by atoms with Gasteiger partial charge in [-0.1, -0.05) is 6.07 Å². The molecule has 1 spiro atoms. The largest absolute Gasteiger partial charge is 0.497 e. The molecule has 110 valence electrons. The Hall–Kier alpha value is -1.06. The number of methoxy groups -OCH3 is 2. The molecule has 0 saturated heterocycles. The number of ether oxygens (including phenoxy) is 2. The highest BCUT2D eigenvalue weighted by atomic mass is 16.5. The maximum Gasteiger partial charge on any atom is 0.119 e. The molecule has 1 fully saturated rings. The maximum absolute atomic E-state index is 5.42. The van der Waals surface area contributed by atoms with E-state index >= 15 is 0 Å². The van der Waals surface area contributed by atoms with Gasteiger partial charge in [-0.15, -0.1) is 0 Å². The van der Waals surface area contributed by atoms with Crippen molar-refractivity contribution in [3.8, 4) is 5.75 Å². The quantitative estimate of drug-likeness (QED) is 0.809. The molecule has 1 aromatic rings. The van der Waals surface area contributed by atoms with E-state index in [-0.39, 0.29) is 0 Å². The number of rotatable bonds is 6. The average Bonchev–Trinajstić information content (AvgIpc) is 3.17. The highest BCUT2D eigenvalue weighted by Crippen LogP contribution is 2.60. The highest BCUT2D eigenvalue weighted by molar-refractivity contribution is 5.46. The van der Waals surface area contributed by atoms with Crippen molar-refractivity contribution in [3.05, 3.63) is 29.3 Å². The van der Waals surface area contributed by atoms with Crippen LogP contribution in [0.15, 0.2) is 18.2 Å². The van der Waals surface area contributed by atoms with Crippen LogP contribution in [0.3, 0.4) is 0 Å². The lowest BCUT2D eigenvalue weighted by atomic mass is 9.78. The summed E-state index contributed by atoms with van der Waals surface area (Å²) in [4.78, 5) is 0. The SMILES string of the molecule is COCCNCC1CC12CCCc1ccc(OC)cc12. The van der Waals surface area contributed by atoms with Gasteiger partial charge in [0.1, 0.15) is 5.75 Å². The van der Waals surface area contributed by atoms with Crippen LogP contribution in [-0.4, -0.2) is 33.9 Å². The minimum atomic E-state index is 0.433. The monoisotopic (exact) mass is 275 g/mol. The second-order valence-electron chi connectivity index (χ2n) is 6.13. The van der Waals surface area contributed by atoms with Gasteiger partial charge in [-0.3, -0.25) is 0 Å². The summed E-state index contributed by atoms with van der Waals surface area (Å²) in [5, 5.41) is 3.52. The predicted octanol–water partition coefficient (Wildman–Crippen LogP) is 2.53. The zero-order valence-corrected chi connectivity index (χ0v) is 12.6. The maximum atomic E-state index is 5.42. The number of hydrogen-bond donors (Lipinski definition) is 1. The Labute approximate surface area is 121 Å². The summed E-state index contributed by atoms with van der Waals surface area (Å²) in [6.07, 6.45) is 5.22. The number of fused-ring (bicyclic) bond motifs is 2. The van der Waals surface area contributed by atoms with E-state index in [0.29, 0.717) is 5.41 Å². The molecule has 1 N–H and O–H groups in total. The molecule has 1 aromatic carbocycles. The average molecular weight is 275 g/mol. The van der Waals surface area contributed by atoms with E-state index < -0.39 is 0 Å². The van der Waals surface area contributed by atoms with Crippen molar-refractivity contribution in [2.24, 2.45) is 5.92 Å². The first kappa shape index (κ1) is 13.9. The normalized spacial score (nSPS) is 27.4. The predicted molar refractivity (Wildman–Crippen MR) is 80.5 cm³/mol. The van der Waals surface area contributed by atoms with Gasteiger partial charge in [0.15, 0.2) is 0 Å². The molecular formula is C17H25NO2. The molecule has 0 radical (unpaired) electrons. The molecule has 3 rings (SSSR count). The molecule has 0 heterocycles. The number of aryl methyl sites for hydroxylation is 1. The minimum absolute atomic E-state index is 0.433. The van der Waals surface area contributed by atoms with E-state index in [1.54, 1.807) is 19.8 Å². The van der Waals surface area contributed by atoms with Gasteiger partial charge in [0, 0.05) is 19.1 Å². The van der Waals surface area contributed by atoms with Crippen molar-refractivity contribution in [2.45, 2.75) is 31.1 Å². The molecule has 0 amide bonds. The van der Waals surface area contributed by atoms with Crippen LogP contribution in [0, 0.1) is 5.92 Å². The zero-order valence-electron chi connectivity index (χ0n) is 12.6. The van der Waals surface area contributed by atoms with E-state index in [9.17, 15) is 0 Å². The van der Waals surface area contributed by atoms with Gasteiger partial charge in [-0.2, -0.15) is 0 Å². The van der Waals surface area contributed by atoms with Crippen molar-refractivity contribution in [3.63, 3.8) is 0 Å². The van der Waals surface area contributed by atoms with Crippen molar-refractivity contribution in [1.82, 2.24) is 5.32 Å². The summed E-state index contributed by atoms with van der Waals surface area (Å²) in [5.74, 6) is 1.79. The fourth-order valence-electron chi connectivity index (χ4n) is 3.83. The van der Waals surface area contributed by atoms with Gasteiger partial charge < -0.3 is 14.8 Å². The van der Waals surface area contributed by atoms with Crippen LogP contribution in [-0.2, 0) is 16.6 Å².